The quantitative estimate of drug-likeness (QED) is 0.159. The molecule has 5 heteroatoms. The molecule has 0 saturated carbocycles. The molecular formula is C67H42N2O2S. The highest BCUT2D eigenvalue weighted by molar-refractivity contribution is 7.26. The fourth-order valence-corrected chi connectivity index (χ4v) is 13.0. The first-order valence-corrected chi connectivity index (χ1v) is 25.3. The molecule has 0 fully saturated rings. The van der Waals surface area contributed by atoms with E-state index in [0.717, 1.165) is 78.7 Å². The molecule has 0 radical (unpaired) electrons. The van der Waals surface area contributed by atoms with Gasteiger partial charge in [0.15, 0.2) is 0 Å². The number of thiophene rings is 1. The predicted molar refractivity (Wildman–Crippen MR) is 299 cm³/mol. The van der Waals surface area contributed by atoms with Gasteiger partial charge in [0, 0.05) is 87.8 Å². The summed E-state index contributed by atoms with van der Waals surface area (Å²) < 4.78 is 16.9. The Bertz CT molecular complexity index is 4170. The summed E-state index contributed by atoms with van der Waals surface area (Å²) in [7, 11) is 0. The van der Waals surface area contributed by atoms with E-state index in [0.29, 0.717) is 0 Å². The van der Waals surface area contributed by atoms with E-state index in [1.807, 2.05) is 11.3 Å². The lowest BCUT2D eigenvalue weighted by Crippen LogP contribution is -2.32. The second-order valence-electron chi connectivity index (χ2n) is 18.8. The maximum absolute atomic E-state index is 7.25. The Morgan fingerprint density at radius 3 is 1.54 bits per heavy atom. The molecule has 0 unspecified atom stereocenters. The number of para-hydroxylation sites is 3. The lowest BCUT2D eigenvalue weighted by atomic mass is 9.66. The van der Waals surface area contributed by atoms with E-state index in [1.54, 1.807) is 0 Å². The molecule has 13 aromatic rings. The van der Waals surface area contributed by atoms with E-state index in [2.05, 4.69) is 265 Å². The summed E-state index contributed by atoms with van der Waals surface area (Å²) in [5.74, 6) is 1.64. The first-order chi connectivity index (χ1) is 35.7. The predicted octanol–water partition coefficient (Wildman–Crippen LogP) is 19.0. The Labute approximate surface area is 420 Å². The summed E-state index contributed by atoms with van der Waals surface area (Å²) in [6.45, 7) is 0. The Balaban J connectivity index is 0.961. The molecule has 338 valence electrons. The van der Waals surface area contributed by atoms with Crippen molar-refractivity contribution in [1.82, 2.24) is 0 Å². The monoisotopic (exact) mass is 938 g/mol. The van der Waals surface area contributed by atoms with Gasteiger partial charge in [-0.1, -0.05) is 152 Å². The van der Waals surface area contributed by atoms with E-state index in [4.69, 9.17) is 9.15 Å². The molecule has 2 aromatic heterocycles. The van der Waals surface area contributed by atoms with Crippen LogP contribution in [0.15, 0.2) is 259 Å². The lowest BCUT2D eigenvalue weighted by molar-refractivity contribution is 0.437. The number of ether oxygens (including phenoxy) is 1. The largest absolute Gasteiger partial charge is 0.457 e. The number of rotatable bonds is 7. The molecule has 4 nitrogen and oxygen atoms in total. The third-order valence-corrected chi connectivity index (χ3v) is 16.1. The van der Waals surface area contributed by atoms with Crippen molar-refractivity contribution >= 4 is 87.6 Å². The highest BCUT2D eigenvalue weighted by Crippen LogP contribution is 2.63. The van der Waals surface area contributed by atoms with Crippen LogP contribution in [-0.2, 0) is 5.41 Å². The van der Waals surface area contributed by atoms with Gasteiger partial charge in [0.2, 0.25) is 0 Å². The summed E-state index contributed by atoms with van der Waals surface area (Å²) in [6, 6.07) is 91.9. The molecule has 72 heavy (non-hydrogen) atoms. The highest BCUT2D eigenvalue weighted by atomic mass is 32.1. The Morgan fingerprint density at radius 2 is 0.861 bits per heavy atom. The summed E-state index contributed by atoms with van der Waals surface area (Å²) in [5.41, 5.74) is 16.6. The minimum atomic E-state index is -0.743. The van der Waals surface area contributed by atoms with Crippen LogP contribution in [0.2, 0.25) is 0 Å². The van der Waals surface area contributed by atoms with Crippen molar-refractivity contribution in [2.24, 2.45) is 0 Å². The molecule has 0 atom stereocenters. The number of hydrogen-bond donors (Lipinski definition) is 0. The number of benzene rings is 11. The van der Waals surface area contributed by atoms with Gasteiger partial charge >= 0.3 is 0 Å². The fourth-order valence-electron chi connectivity index (χ4n) is 11.8. The van der Waals surface area contributed by atoms with E-state index in [-0.39, 0.29) is 0 Å². The highest BCUT2D eigenvalue weighted by Gasteiger charge is 2.51. The van der Waals surface area contributed by atoms with E-state index < -0.39 is 5.41 Å². The van der Waals surface area contributed by atoms with Crippen LogP contribution < -0.4 is 14.5 Å². The zero-order chi connectivity index (χ0) is 47.3. The molecule has 0 saturated heterocycles. The molecular weight excluding hydrogens is 897 g/mol. The van der Waals surface area contributed by atoms with Crippen LogP contribution in [0.5, 0.6) is 11.5 Å². The lowest BCUT2D eigenvalue weighted by Gasteiger charge is -2.40. The third-order valence-electron chi connectivity index (χ3n) is 14.9. The summed E-state index contributed by atoms with van der Waals surface area (Å²) in [5, 5.41) is 4.55. The molecule has 0 bridgehead atoms. The number of nitrogens with zero attached hydrogens (tertiary/aromatic N) is 2. The Morgan fingerprint density at radius 1 is 0.319 bits per heavy atom. The standard InChI is InChI=1S/C67H42N2O2S/c1-5-19-43(20-6-1)54-37-49(38-56-53-29-15-18-32-65(53)72-66(54)56)69(46-25-11-4-12-26-46)47-34-36-61-59(39-47)67(57-30-16-13-27-50(57)51-28-14-17-31-58(51)67)60-42-63-55(41-64(60)70-61)52-35-33-48(40-62(52)71-63)68(44-21-7-2-8-22-44)45-23-9-3-10-24-45/h1-42H. The van der Waals surface area contributed by atoms with E-state index >= 15 is 0 Å². The minimum absolute atomic E-state index is 0.743. The molecule has 1 aliphatic carbocycles. The van der Waals surface area contributed by atoms with E-state index in [1.165, 1.54) is 53.6 Å². The molecule has 0 amide bonds. The third kappa shape index (κ3) is 6.05. The zero-order valence-corrected chi connectivity index (χ0v) is 39.7. The van der Waals surface area contributed by atoms with Crippen LogP contribution in [0, 0.1) is 0 Å². The molecule has 1 spiro atoms. The average molecular weight is 939 g/mol. The molecule has 3 heterocycles. The number of hydrogen-bond acceptors (Lipinski definition) is 5. The normalized spacial score (nSPS) is 12.9. The van der Waals surface area contributed by atoms with Crippen LogP contribution in [0.4, 0.5) is 34.1 Å². The summed E-state index contributed by atoms with van der Waals surface area (Å²) >= 11 is 1.86. The zero-order valence-electron chi connectivity index (χ0n) is 38.9. The van der Waals surface area contributed by atoms with Crippen LogP contribution >= 0.6 is 11.3 Å². The Hall–Kier alpha value is -9.16. The van der Waals surface area contributed by atoms with Crippen molar-refractivity contribution < 1.29 is 9.15 Å². The van der Waals surface area contributed by atoms with Crippen molar-refractivity contribution in [3.63, 3.8) is 0 Å². The molecule has 15 rings (SSSR count). The van der Waals surface area contributed by atoms with Gasteiger partial charge < -0.3 is 19.0 Å². The second-order valence-corrected chi connectivity index (χ2v) is 19.8. The van der Waals surface area contributed by atoms with Crippen molar-refractivity contribution in [1.29, 1.82) is 0 Å². The molecule has 2 aliphatic rings. The number of fused-ring (bicyclic) bond motifs is 15. The van der Waals surface area contributed by atoms with Gasteiger partial charge in [-0.3, -0.25) is 0 Å². The van der Waals surface area contributed by atoms with Crippen molar-refractivity contribution in [2.75, 3.05) is 9.80 Å². The Kier molecular flexibility index (Phi) is 9.01. The first-order valence-electron chi connectivity index (χ1n) is 24.5. The summed E-state index contributed by atoms with van der Waals surface area (Å²) in [4.78, 5) is 4.70. The maximum Gasteiger partial charge on any atom is 0.137 e. The van der Waals surface area contributed by atoms with Gasteiger partial charge in [-0.2, -0.15) is 0 Å². The van der Waals surface area contributed by atoms with Crippen LogP contribution in [0.1, 0.15) is 22.3 Å². The topological polar surface area (TPSA) is 28.9 Å². The molecule has 0 N–H and O–H groups in total. The fraction of sp³-hybridized carbons (Fsp3) is 0.0149. The molecule has 11 aromatic carbocycles. The van der Waals surface area contributed by atoms with E-state index in [9.17, 15) is 0 Å². The van der Waals surface area contributed by atoms with Crippen LogP contribution in [0.25, 0.3) is 64.4 Å². The van der Waals surface area contributed by atoms with Gasteiger partial charge in [0.25, 0.3) is 0 Å². The maximum atomic E-state index is 7.25. The number of anilines is 6. The number of furan rings is 1. The van der Waals surface area contributed by atoms with Gasteiger partial charge in [-0.25, -0.2) is 0 Å². The van der Waals surface area contributed by atoms with Crippen molar-refractivity contribution in [3.05, 3.63) is 277 Å². The minimum Gasteiger partial charge on any atom is -0.457 e. The SMILES string of the molecule is c1ccc(-c2cc(N(c3ccccc3)c3ccc4c(c3)C3(c5cc6oc7cc(N(c8ccccc8)c8ccccc8)ccc7c6cc5O4)c4ccccc4-c4ccccc43)cc3c2sc2ccccc23)cc1. The van der Waals surface area contributed by atoms with Crippen LogP contribution in [-0.4, -0.2) is 0 Å². The van der Waals surface area contributed by atoms with Gasteiger partial charge in [0.1, 0.15) is 22.7 Å². The van der Waals surface area contributed by atoms with Gasteiger partial charge in [-0.15, -0.1) is 11.3 Å². The van der Waals surface area contributed by atoms with Crippen molar-refractivity contribution in [2.45, 2.75) is 5.41 Å². The van der Waals surface area contributed by atoms with Gasteiger partial charge in [0.05, 0.1) is 5.41 Å². The first kappa shape index (κ1) is 40.7. The van der Waals surface area contributed by atoms with Crippen LogP contribution in [0.3, 0.4) is 0 Å². The van der Waals surface area contributed by atoms with Gasteiger partial charge in [-0.05, 0) is 125 Å². The smallest absolute Gasteiger partial charge is 0.137 e. The second kappa shape index (κ2) is 15.9. The molecule has 1 aliphatic heterocycles. The summed E-state index contributed by atoms with van der Waals surface area (Å²) in [6.07, 6.45) is 0. The van der Waals surface area contributed by atoms with Crippen molar-refractivity contribution in [3.8, 4) is 33.8 Å². The average Bonchev–Trinajstić information content (AvgIpc) is 4.10.